The van der Waals surface area contributed by atoms with Gasteiger partial charge in [0.2, 0.25) is 0 Å². The molecule has 1 saturated carbocycles. The van der Waals surface area contributed by atoms with Gasteiger partial charge in [-0.1, -0.05) is 25.8 Å². The van der Waals surface area contributed by atoms with E-state index in [0.29, 0.717) is 12.0 Å². The fourth-order valence-corrected chi connectivity index (χ4v) is 2.60. The monoisotopic (exact) mass is 262 g/mol. The summed E-state index contributed by atoms with van der Waals surface area (Å²) in [7, 11) is 1.36. The molecule has 0 heterocycles. The van der Waals surface area contributed by atoms with Gasteiger partial charge in [0, 0.05) is 17.4 Å². The molecule has 1 fully saturated rings. The molecule has 1 aliphatic rings. The second-order valence-corrected chi connectivity index (χ2v) is 5.21. The number of amides is 1. The van der Waals surface area contributed by atoms with Crippen LogP contribution in [0.4, 0.5) is 16.2 Å². The summed E-state index contributed by atoms with van der Waals surface area (Å²) in [4.78, 5) is 11.2. The zero-order chi connectivity index (χ0) is 13.7. The Morgan fingerprint density at radius 1 is 1.26 bits per heavy atom. The first kappa shape index (κ1) is 13.7. The Bertz CT molecular complexity index is 434. The molecule has 0 aliphatic heterocycles. The van der Waals surface area contributed by atoms with Gasteiger partial charge in [-0.2, -0.15) is 0 Å². The molecule has 1 aromatic rings. The number of carbonyl (C=O) groups excluding carboxylic acids is 1. The molecule has 4 heteroatoms. The Labute approximate surface area is 114 Å². The highest BCUT2D eigenvalue weighted by atomic mass is 16.5. The fourth-order valence-electron chi connectivity index (χ4n) is 2.60. The predicted molar refractivity (Wildman–Crippen MR) is 77.5 cm³/mol. The molecule has 4 nitrogen and oxygen atoms in total. The summed E-state index contributed by atoms with van der Waals surface area (Å²) in [6.07, 6.45) is 4.70. The molecule has 0 spiro atoms. The van der Waals surface area contributed by atoms with Gasteiger partial charge in [0.05, 0.1) is 7.11 Å². The first-order valence-corrected chi connectivity index (χ1v) is 6.90. The number of methoxy groups -OCH3 is 1. The molecule has 0 radical (unpaired) electrons. The van der Waals surface area contributed by atoms with Crippen LogP contribution < -0.4 is 10.6 Å². The number of ether oxygens (including phenoxy) is 1. The molecular formula is C15H22N2O2. The van der Waals surface area contributed by atoms with E-state index in [2.05, 4.69) is 22.3 Å². The molecule has 2 N–H and O–H groups in total. The highest BCUT2D eigenvalue weighted by Gasteiger charge is 2.20. The van der Waals surface area contributed by atoms with Crippen LogP contribution in [-0.4, -0.2) is 19.2 Å². The maximum atomic E-state index is 11.2. The van der Waals surface area contributed by atoms with E-state index in [0.717, 1.165) is 11.4 Å². The summed E-state index contributed by atoms with van der Waals surface area (Å²) in [6.45, 7) is 2.30. The summed E-state index contributed by atoms with van der Waals surface area (Å²) in [5, 5.41) is 6.25. The second-order valence-electron chi connectivity index (χ2n) is 5.21. The van der Waals surface area contributed by atoms with Crippen molar-refractivity contribution in [2.24, 2.45) is 5.92 Å². The van der Waals surface area contributed by atoms with Crippen molar-refractivity contribution in [1.29, 1.82) is 0 Å². The summed E-state index contributed by atoms with van der Waals surface area (Å²) >= 11 is 0. The zero-order valence-corrected chi connectivity index (χ0v) is 11.6. The Kier molecular flexibility index (Phi) is 4.66. The van der Waals surface area contributed by atoms with Crippen LogP contribution in [0.5, 0.6) is 0 Å². The third kappa shape index (κ3) is 3.88. The van der Waals surface area contributed by atoms with Crippen LogP contribution >= 0.6 is 0 Å². The van der Waals surface area contributed by atoms with Crippen molar-refractivity contribution in [2.75, 3.05) is 17.7 Å². The molecule has 0 aromatic heterocycles. The lowest BCUT2D eigenvalue weighted by Crippen LogP contribution is -2.30. The van der Waals surface area contributed by atoms with Crippen LogP contribution in [-0.2, 0) is 4.74 Å². The standard InChI is InChI=1S/C15H22N2O2/c1-11-6-3-4-9-14(11)16-12-7-5-8-13(10-12)17-15(18)19-2/h5,7-8,10-11,14,16H,3-4,6,9H2,1-2H3,(H,17,18). The third-order valence-electron chi connectivity index (χ3n) is 3.76. The van der Waals surface area contributed by atoms with Gasteiger partial charge >= 0.3 is 6.09 Å². The van der Waals surface area contributed by atoms with Crippen LogP contribution in [0, 0.1) is 5.92 Å². The highest BCUT2D eigenvalue weighted by molar-refractivity contribution is 5.85. The second kappa shape index (κ2) is 6.45. The minimum absolute atomic E-state index is 0.441. The SMILES string of the molecule is COC(=O)Nc1cccc(NC2CCCCC2C)c1. The van der Waals surface area contributed by atoms with E-state index in [4.69, 9.17) is 0 Å². The highest BCUT2D eigenvalue weighted by Crippen LogP contribution is 2.27. The van der Waals surface area contributed by atoms with E-state index in [1.54, 1.807) is 0 Å². The van der Waals surface area contributed by atoms with Gasteiger partial charge in [-0.05, 0) is 37.0 Å². The Morgan fingerprint density at radius 2 is 2.00 bits per heavy atom. The number of anilines is 2. The van der Waals surface area contributed by atoms with E-state index >= 15 is 0 Å². The molecule has 2 rings (SSSR count). The average molecular weight is 262 g/mol. The summed E-state index contributed by atoms with van der Waals surface area (Å²) in [5.41, 5.74) is 1.80. The third-order valence-corrected chi connectivity index (χ3v) is 3.76. The van der Waals surface area contributed by atoms with Gasteiger partial charge in [0.15, 0.2) is 0 Å². The van der Waals surface area contributed by atoms with Crippen LogP contribution in [0.1, 0.15) is 32.6 Å². The van der Waals surface area contributed by atoms with Gasteiger partial charge in [-0.25, -0.2) is 4.79 Å². The molecule has 1 aromatic carbocycles. The Balaban J connectivity index is 2.00. The first-order chi connectivity index (χ1) is 9.19. The van der Waals surface area contributed by atoms with Gasteiger partial charge in [0.1, 0.15) is 0 Å². The van der Waals surface area contributed by atoms with Gasteiger partial charge in [-0.15, -0.1) is 0 Å². The van der Waals surface area contributed by atoms with Crippen molar-refractivity contribution in [2.45, 2.75) is 38.6 Å². The van der Waals surface area contributed by atoms with Gasteiger partial charge in [0.25, 0.3) is 0 Å². The predicted octanol–water partition coefficient (Wildman–Crippen LogP) is 3.86. The molecule has 0 bridgehead atoms. The van der Waals surface area contributed by atoms with Crippen molar-refractivity contribution in [3.05, 3.63) is 24.3 Å². The van der Waals surface area contributed by atoms with Gasteiger partial charge < -0.3 is 10.1 Å². The topological polar surface area (TPSA) is 50.4 Å². The first-order valence-electron chi connectivity index (χ1n) is 6.90. The summed E-state index contributed by atoms with van der Waals surface area (Å²) < 4.78 is 4.59. The van der Waals surface area contributed by atoms with E-state index in [1.165, 1.54) is 32.8 Å². The van der Waals surface area contributed by atoms with Crippen molar-refractivity contribution in [3.8, 4) is 0 Å². The van der Waals surface area contributed by atoms with Gasteiger partial charge in [-0.3, -0.25) is 5.32 Å². The number of hydrogen-bond donors (Lipinski definition) is 2. The molecule has 1 amide bonds. The van der Waals surface area contributed by atoms with Crippen LogP contribution in [0.15, 0.2) is 24.3 Å². The van der Waals surface area contributed by atoms with Crippen LogP contribution in [0.25, 0.3) is 0 Å². The Hall–Kier alpha value is -1.71. The molecule has 19 heavy (non-hydrogen) atoms. The number of carbonyl (C=O) groups is 1. The average Bonchev–Trinajstić information content (AvgIpc) is 2.42. The summed E-state index contributed by atoms with van der Waals surface area (Å²) in [5.74, 6) is 0.700. The minimum Gasteiger partial charge on any atom is -0.453 e. The van der Waals surface area contributed by atoms with Crippen molar-refractivity contribution >= 4 is 17.5 Å². The lowest BCUT2D eigenvalue weighted by molar-refractivity contribution is 0.187. The van der Waals surface area contributed by atoms with Crippen LogP contribution in [0.3, 0.4) is 0 Å². The maximum Gasteiger partial charge on any atom is 0.411 e. The molecule has 2 unspecified atom stereocenters. The molecular weight excluding hydrogens is 240 g/mol. The fraction of sp³-hybridized carbons (Fsp3) is 0.533. The normalized spacial score (nSPS) is 22.6. The van der Waals surface area contributed by atoms with E-state index < -0.39 is 6.09 Å². The van der Waals surface area contributed by atoms with E-state index in [1.807, 2.05) is 24.3 Å². The number of benzene rings is 1. The van der Waals surface area contributed by atoms with Crippen molar-refractivity contribution in [3.63, 3.8) is 0 Å². The number of nitrogens with one attached hydrogen (secondary N) is 2. The smallest absolute Gasteiger partial charge is 0.411 e. The summed E-state index contributed by atoms with van der Waals surface area (Å²) in [6, 6.07) is 8.29. The van der Waals surface area contributed by atoms with E-state index in [-0.39, 0.29) is 0 Å². The maximum absolute atomic E-state index is 11.2. The minimum atomic E-state index is -0.441. The van der Waals surface area contributed by atoms with E-state index in [9.17, 15) is 4.79 Å². The Morgan fingerprint density at radius 3 is 2.74 bits per heavy atom. The zero-order valence-electron chi connectivity index (χ0n) is 11.6. The molecule has 104 valence electrons. The van der Waals surface area contributed by atoms with Crippen molar-refractivity contribution < 1.29 is 9.53 Å². The lowest BCUT2D eigenvalue weighted by atomic mass is 9.86. The molecule has 2 atom stereocenters. The molecule has 0 saturated heterocycles. The lowest BCUT2D eigenvalue weighted by Gasteiger charge is -2.30. The van der Waals surface area contributed by atoms with Crippen LogP contribution in [0.2, 0.25) is 0 Å². The quantitative estimate of drug-likeness (QED) is 0.869. The number of rotatable bonds is 3. The number of hydrogen-bond acceptors (Lipinski definition) is 3. The van der Waals surface area contributed by atoms with Crippen molar-refractivity contribution in [1.82, 2.24) is 0 Å². The largest absolute Gasteiger partial charge is 0.453 e. The molecule has 1 aliphatic carbocycles.